The van der Waals surface area contributed by atoms with Crippen molar-refractivity contribution in [2.75, 3.05) is 20.1 Å². The van der Waals surface area contributed by atoms with Crippen LogP contribution in [0.15, 0.2) is 4.99 Å². The van der Waals surface area contributed by atoms with Crippen molar-refractivity contribution >= 4 is 36.0 Å². The van der Waals surface area contributed by atoms with E-state index in [9.17, 15) is 4.79 Å². The minimum atomic E-state index is -0.462. The summed E-state index contributed by atoms with van der Waals surface area (Å²) in [7, 11) is 1.76. The fourth-order valence-corrected chi connectivity index (χ4v) is 2.29. The first-order valence-electron chi connectivity index (χ1n) is 7.85. The molecular weight excluding hydrogens is 395 g/mol. The number of guanidine groups is 1. The van der Waals surface area contributed by atoms with Crippen molar-refractivity contribution in [3.05, 3.63) is 0 Å². The molecule has 6 nitrogen and oxygen atoms in total. The molecule has 7 heteroatoms. The maximum Gasteiger partial charge on any atom is 0.407 e. The van der Waals surface area contributed by atoms with E-state index in [1.807, 2.05) is 20.8 Å². The number of alkyl carbamates (subject to hydrolysis) is 1. The first-order valence-corrected chi connectivity index (χ1v) is 7.85. The maximum absolute atomic E-state index is 11.5. The molecule has 0 heterocycles. The van der Waals surface area contributed by atoms with Crippen LogP contribution in [0, 0.1) is 0 Å². The van der Waals surface area contributed by atoms with Gasteiger partial charge in [0, 0.05) is 26.2 Å². The van der Waals surface area contributed by atoms with Gasteiger partial charge in [0.25, 0.3) is 0 Å². The summed E-state index contributed by atoms with van der Waals surface area (Å²) >= 11 is 0. The van der Waals surface area contributed by atoms with Crippen molar-refractivity contribution in [1.82, 2.24) is 16.0 Å². The molecule has 130 valence electrons. The monoisotopic (exact) mass is 426 g/mol. The predicted octanol–water partition coefficient (Wildman–Crippen LogP) is 2.63. The second-order valence-electron chi connectivity index (χ2n) is 6.41. The summed E-state index contributed by atoms with van der Waals surface area (Å²) in [6.07, 6.45) is 5.93. The van der Waals surface area contributed by atoms with Gasteiger partial charge in [0.15, 0.2) is 5.96 Å². The van der Waals surface area contributed by atoms with E-state index in [0.717, 1.165) is 5.96 Å². The highest BCUT2D eigenvalue weighted by Crippen LogP contribution is 2.17. The molecule has 1 amide bonds. The topological polar surface area (TPSA) is 74.8 Å². The Morgan fingerprint density at radius 1 is 1.14 bits per heavy atom. The lowest BCUT2D eigenvalue weighted by Crippen LogP contribution is -2.46. The Bertz CT molecular complexity index is 350. The summed E-state index contributed by atoms with van der Waals surface area (Å²) in [5.74, 6) is 0.799. The van der Waals surface area contributed by atoms with E-state index < -0.39 is 5.60 Å². The molecule has 0 spiro atoms. The number of rotatable bonds is 4. The summed E-state index contributed by atoms with van der Waals surface area (Å²) in [4.78, 5) is 15.7. The number of hydrogen-bond acceptors (Lipinski definition) is 3. The number of amides is 1. The van der Waals surface area contributed by atoms with Crippen LogP contribution < -0.4 is 16.0 Å². The van der Waals surface area contributed by atoms with Crippen molar-refractivity contribution < 1.29 is 9.53 Å². The molecule has 1 aliphatic carbocycles. The number of ether oxygens (including phenoxy) is 1. The van der Waals surface area contributed by atoms with Gasteiger partial charge in [-0.15, -0.1) is 24.0 Å². The Labute approximate surface area is 151 Å². The van der Waals surface area contributed by atoms with Gasteiger partial charge in [0.2, 0.25) is 0 Å². The summed E-state index contributed by atoms with van der Waals surface area (Å²) in [6.45, 7) is 6.66. The smallest absolute Gasteiger partial charge is 0.407 e. The minimum absolute atomic E-state index is 0. The minimum Gasteiger partial charge on any atom is -0.444 e. The average molecular weight is 426 g/mol. The Kier molecular flexibility index (Phi) is 10.5. The average Bonchev–Trinajstić information content (AvgIpc) is 2.41. The third-order valence-electron chi connectivity index (χ3n) is 3.26. The summed E-state index contributed by atoms with van der Waals surface area (Å²) < 4.78 is 5.17. The molecule has 0 bridgehead atoms. The zero-order chi connectivity index (χ0) is 15.7. The highest BCUT2D eigenvalue weighted by Gasteiger charge is 2.16. The molecule has 3 N–H and O–H groups in total. The Morgan fingerprint density at radius 3 is 2.27 bits per heavy atom. The van der Waals surface area contributed by atoms with E-state index in [0.29, 0.717) is 19.1 Å². The summed E-state index contributed by atoms with van der Waals surface area (Å²) in [5.41, 5.74) is -0.462. The van der Waals surface area contributed by atoms with Gasteiger partial charge in [0.1, 0.15) is 5.60 Å². The van der Waals surface area contributed by atoms with E-state index >= 15 is 0 Å². The number of carbonyl (C=O) groups excluding carboxylic acids is 1. The molecule has 1 saturated carbocycles. The normalized spacial score (nSPS) is 16.5. The number of aliphatic imine (C=N–C) groups is 1. The first kappa shape index (κ1) is 21.3. The fourth-order valence-electron chi connectivity index (χ4n) is 2.29. The quantitative estimate of drug-likeness (QED) is 0.280. The van der Waals surface area contributed by atoms with Crippen molar-refractivity contribution in [2.24, 2.45) is 4.99 Å². The molecule has 0 radical (unpaired) electrons. The fraction of sp³-hybridized carbons (Fsp3) is 0.867. The van der Waals surface area contributed by atoms with E-state index in [1.54, 1.807) is 7.05 Å². The molecule has 0 aromatic heterocycles. The van der Waals surface area contributed by atoms with Crippen LogP contribution in [-0.4, -0.2) is 43.8 Å². The van der Waals surface area contributed by atoms with Gasteiger partial charge in [-0.05, 0) is 33.6 Å². The summed E-state index contributed by atoms with van der Waals surface area (Å²) in [6, 6.07) is 0.517. The third-order valence-corrected chi connectivity index (χ3v) is 3.26. The largest absolute Gasteiger partial charge is 0.444 e. The van der Waals surface area contributed by atoms with Crippen LogP contribution in [0.3, 0.4) is 0 Å². The number of nitrogens with zero attached hydrogens (tertiary/aromatic N) is 1. The van der Waals surface area contributed by atoms with Crippen molar-refractivity contribution in [3.8, 4) is 0 Å². The van der Waals surface area contributed by atoms with Crippen molar-refractivity contribution in [1.29, 1.82) is 0 Å². The van der Waals surface area contributed by atoms with E-state index in [1.165, 1.54) is 32.1 Å². The maximum atomic E-state index is 11.5. The highest BCUT2D eigenvalue weighted by molar-refractivity contribution is 14.0. The van der Waals surface area contributed by atoms with Crippen LogP contribution in [0.1, 0.15) is 52.9 Å². The van der Waals surface area contributed by atoms with Crippen LogP contribution in [0.5, 0.6) is 0 Å². The molecule has 0 aliphatic heterocycles. The zero-order valence-electron chi connectivity index (χ0n) is 14.2. The molecular formula is C15H31IN4O2. The number of hydrogen-bond donors (Lipinski definition) is 3. The Morgan fingerprint density at radius 2 is 1.73 bits per heavy atom. The van der Waals surface area contributed by atoms with Crippen molar-refractivity contribution in [3.63, 3.8) is 0 Å². The molecule has 0 atom stereocenters. The summed E-state index contributed by atoms with van der Waals surface area (Å²) in [5, 5.41) is 9.35. The van der Waals surface area contributed by atoms with Crippen LogP contribution in [-0.2, 0) is 4.74 Å². The Hall–Kier alpha value is -0.730. The van der Waals surface area contributed by atoms with Gasteiger partial charge in [-0.2, -0.15) is 0 Å². The molecule has 0 aromatic rings. The molecule has 0 saturated heterocycles. The third kappa shape index (κ3) is 10.1. The van der Waals surface area contributed by atoms with Gasteiger partial charge in [-0.3, -0.25) is 4.99 Å². The Balaban J connectivity index is 0.00000441. The zero-order valence-corrected chi connectivity index (χ0v) is 16.5. The second kappa shape index (κ2) is 10.9. The molecule has 0 unspecified atom stereocenters. The number of nitrogens with one attached hydrogen (secondary N) is 3. The van der Waals surface area contributed by atoms with Crippen LogP contribution in [0.2, 0.25) is 0 Å². The predicted molar refractivity (Wildman–Crippen MR) is 101 cm³/mol. The van der Waals surface area contributed by atoms with Crippen LogP contribution >= 0.6 is 24.0 Å². The van der Waals surface area contributed by atoms with Crippen LogP contribution in [0.25, 0.3) is 0 Å². The lowest BCUT2D eigenvalue weighted by atomic mass is 9.96. The first-order chi connectivity index (χ1) is 9.90. The molecule has 1 rings (SSSR count). The molecule has 1 aliphatic rings. The standard InChI is InChI=1S/C15H30N4O2.HI/c1-15(2,3)21-14(20)18-11-10-17-13(16-4)19-12-8-6-5-7-9-12;/h12H,5-11H2,1-4H3,(H,18,20)(H2,16,17,19);1H. The number of carbonyl (C=O) groups is 1. The van der Waals surface area contributed by atoms with Crippen molar-refractivity contribution in [2.45, 2.75) is 64.5 Å². The van der Waals surface area contributed by atoms with E-state index in [2.05, 4.69) is 20.9 Å². The van der Waals surface area contributed by atoms with Crippen LogP contribution in [0.4, 0.5) is 4.79 Å². The van der Waals surface area contributed by atoms with Gasteiger partial charge < -0.3 is 20.7 Å². The lowest BCUT2D eigenvalue weighted by Gasteiger charge is -2.25. The highest BCUT2D eigenvalue weighted by atomic mass is 127. The van der Waals surface area contributed by atoms with Gasteiger partial charge in [0.05, 0.1) is 0 Å². The van der Waals surface area contributed by atoms with E-state index in [4.69, 9.17) is 4.74 Å². The van der Waals surface area contributed by atoms with E-state index in [-0.39, 0.29) is 30.1 Å². The second-order valence-corrected chi connectivity index (χ2v) is 6.41. The lowest BCUT2D eigenvalue weighted by molar-refractivity contribution is 0.0529. The number of halogens is 1. The molecule has 0 aromatic carbocycles. The van der Waals surface area contributed by atoms with Gasteiger partial charge >= 0.3 is 6.09 Å². The molecule has 1 fully saturated rings. The SMILES string of the molecule is CN=C(NCCNC(=O)OC(C)(C)C)NC1CCCCC1.I. The molecule has 22 heavy (non-hydrogen) atoms. The van der Waals surface area contributed by atoms with Gasteiger partial charge in [-0.25, -0.2) is 4.79 Å². The van der Waals surface area contributed by atoms with Gasteiger partial charge in [-0.1, -0.05) is 19.3 Å².